The number of hydrogen-bond acceptors (Lipinski definition) is 3. The van der Waals surface area contributed by atoms with Gasteiger partial charge in [0.2, 0.25) is 0 Å². The Morgan fingerprint density at radius 3 is 2.22 bits per heavy atom. The van der Waals surface area contributed by atoms with Crippen LogP contribution in [0, 0.1) is 0 Å². The lowest BCUT2D eigenvalue weighted by Crippen LogP contribution is -3.09. The number of carbonyl (C=O) groups is 2. The molecule has 0 fully saturated rings. The zero-order chi connectivity index (χ0) is 19.8. The average Bonchev–Trinajstić information content (AvgIpc) is 2.63. The molecule has 3 N–H and O–H groups in total. The smallest absolute Gasteiger partial charge is 0.321 e. The van der Waals surface area contributed by atoms with Gasteiger partial charge in [-0.2, -0.15) is 0 Å². The quantitative estimate of drug-likeness (QED) is 0.690. The second kappa shape index (κ2) is 9.73. The van der Waals surface area contributed by atoms with Crippen LogP contribution in [0.1, 0.15) is 24.1 Å². The summed E-state index contributed by atoms with van der Waals surface area (Å²) in [6, 6.07) is 16.9. The molecule has 2 atom stereocenters. The highest BCUT2D eigenvalue weighted by Gasteiger charge is 2.30. The summed E-state index contributed by atoms with van der Waals surface area (Å²) in [5, 5.41) is 5.06. The molecule has 6 nitrogen and oxygen atoms in total. The summed E-state index contributed by atoms with van der Waals surface area (Å²) in [6.45, 7) is 2.94. The molecule has 0 aliphatic carbocycles. The summed E-state index contributed by atoms with van der Waals surface area (Å²) < 4.78 is 0. The lowest BCUT2D eigenvalue weighted by atomic mass is 10.0. The molecule has 2 rings (SSSR count). The van der Waals surface area contributed by atoms with E-state index in [9.17, 15) is 9.59 Å². The third-order valence-electron chi connectivity index (χ3n) is 4.40. The van der Waals surface area contributed by atoms with Gasteiger partial charge >= 0.3 is 6.03 Å². The molecule has 0 spiro atoms. The van der Waals surface area contributed by atoms with Gasteiger partial charge in [0, 0.05) is 37.5 Å². The third kappa shape index (κ3) is 5.82. The van der Waals surface area contributed by atoms with Crippen molar-refractivity contribution in [3.63, 3.8) is 0 Å². The standard InChI is InChI=1S/C21H28N4O2/c1-5-22-21(27)23-20(26)19(17-9-7-6-8-10-17)25(4)15-16-11-13-18(14-12-16)24(2)3/h6-14,19H,5,15H2,1-4H3,(H2,22,23,26,27)/p+1/t19-/m0/s1. The minimum absolute atomic E-state index is 0.311. The Morgan fingerprint density at radius 1 is 1.04 bits per heavy atom. The fourth-order valence-corrected chi connectivity index (χ4v) is 3.03. The highest BCUT2D eigenvalue weighted by molar-refractivity contribution is 5.96. The van der Waals surface area contributed by atoms with Crippen molar-refractivity contribution in [2.45, 2.75) is 19.5 Å². The molecule has 0 aliphatic heterocycles. The van der Waals surface area contributed by atoms with E-state index in [0.717, 1.165) is 21.7 Å². The van der Waals surface area contributed by atoms with Crippen molar-refractivity contribution < 1.29 is 14.5 Å². The van der Waals surface area contributed by atoms with E-state index in [1.54, 1.807) is 0 Å². The van der Waals surface area contributed by atoms with Gasteiger partial charge in [-0.25, -0.2) is 4.79 Å². The second-order valence-corrected chi connectivity index (χ2v) is 6.78. The maximum atomic E-state index is 12.8. The monoisotopic (exact) mass is 369 g/mol. The first-order valence-electron chi connectivity index (χ1n) is 9.14. The van der Waals surface area contributed by atoms with Crippen LogP contribution in [0.5, 0.6) is 0 Å². The van der Waals surface area contributed by atoms with E-state index in [4.69, 9.17) is 0 Å². The summed E-state index contributed by atoms with van der Waals surface area (Å²) in [4.78, 5) is 27.7. The van der Waals surface area contributed by atoms with E-state index in [-0.39, 0.29) is 5.91 Å². The molecule has 144 valence electrons. The van der Waals surface area contributed by atoms with Crippen LogP contribution in [-0.4, -0.2) is 39.6 Å². The molecule has 0 radical (unpaired) electrons. The molecule has 3 amide bonds. The summed E-state index contributed by atoms with van der Waals surface area (Å²) in [7, 11) is 5.97. The number of hydrogen-bond donors (Lipinski definition) is 3. The number of nitrogens with zero attached hydrogens (tertiary/aromatic N) is 1. The Balaban J connectivity index is 2.19. The van der Waals surface area contributed by atoms with E-state index >= 15 is 0 Å². The highest BCUT2D eigenvalue weighted by Crippen LogP contribution is 2.13. The first-order chi connectivity index (χ1) is 12.9. The minimum Gasteiger partial charge on any atom is -0.378 e. The van der Waals surface area contributed by atoms with E-state index in [2.05, 4.69) is 34.9 Å². The molecular weight excluding hydrogens is 340 g/mol. The molecule has 0 aliphatic rings. The number of benzene rings is 2. The van der Waals surface area contributed by atoms with Crippen LogP contribution in [0.4, 0.5) is 10.5 Å². The SMILES string of the molecule is CCNC(=O)NC(=O)[C@H](c1ccccc1)[NH+](C)Cc1ccc(N(C)C)cc1. The van der Waals surface area contributed by atoms with E-state index < -0.39 is 12.1 Å². The van der Waals surface area contributed by atoms with Crippen molar-refractivity contribution in [1.29, 1.82) is 0 Å². The van der Waals surface area contributed by atoms with Gasteiger partial charge in [0.15, 0.2) is 6.04 Å². The van der Waals surface area contributed by atoms with Gasteiger partial charge in [0.1, 0.15) is 6.54 Å². The summed E-state index contributed by atoms with van der Waals surface area (Å²) >= 11 is 0. The van der Waals surface area contributed by atoms with Gasteiger partial charge in [-0.1, -0.05) is 42.5 Å². The number of imide groups is 1. The van der Waals surface area contributed by atoms with Gasteiger partial charge in [-0.05, 0) is 19.1 Å². The molecule has 2 aromatic rings. The van der Waals surface area contributed by atoms with Crippen LogP contribution >= 0.6 is 0 Å². The van der Waals surface area contributed by atoms with Crippen LogP contribution < -0.4 is 20.4 Å². The number of nitrogens with one attached hydrogen (secondary N) is 3. The minimum atomic E-state index is -0.484. The largest absolute Gasteiger partial charge is 0.378 e. The maximum Gasteiger partial charge on any atom is 0.321 e. The summed E-state index contributed by atoms with van der Waals surface area (Å²) in [6.07, 6.45) is 0. The lowest BCUT2D eigenvalue weighted by molar-refractivity contribution is -0.916. The molecular formula is C21H29N4O2+. The Morgan fingerprint density at radius 2 is 1.67 bits per heavy atom. The molecule has 1 unspecified atom stereocenters. The molecule has 6 heteroatoms. The predicted octanol–water partition coefficient (Wildman–Crippen LogP) is 1.35. The Bertz CT molecular complexity index is 745. The van der Waals surface area contributed by atoms with Gasteiger partial charge in [-0.3, -0.25) is 10.1 Å². The molecule has 0 bridgehead atoms. The van der Waals surface area contributed by atoms with Crippen LogP contribution in [0.3, 0.4) is 0 Å². The highest BCUT2D eigenvalue weighted by atomic mass is 16.2. The number of carbonyl (C=O) groups excluding carboxylic acids is 2. The molecule has 0 saturated heterocycles. The van der Waals surface area contributed by atoms with E-state index in [1.165, 1.54) is 0 Å². The van der Waals surface area contributed by atoms with Crippen molar-refractivity contribution in [3.8, 4) is 0 Å². The normalized spacial score (nSPS) is 12.7. The van der Waals surface area contributed by atoms with E-state index in [0.29, 0.717) is 13.1 Å². The Kier molecular flexibility index (Phi) is 7.37. The predicted molar refractivity (Wildman–Crippen MR) is 108 cm³/mol. The number of urea groups is 1. The van der Waals surface area contributed by atoms with Crippen molar-refractivity contribution in [2.24, 2.45) is 0 Å². The van der Waals surface area contributed by atoms with Crippen molar-refractivity contribution >= 4 is 17.6 Å². The fourth-order valence-electron chi connectivity index (χ4n) is 3.03. The molecule has 27 heavy (non-hydrogen) atoms. The van der Waals surface area contributed by atoms with Gasteiger partial charge in [-0.15, -0.1) is 0 Å². The van der Waals surface area contributed by atoms with Crippen LogP contribution in [-0.2, 0) is 11.3 Å². The maximum absolute atomic E-state index is 12.8. The van der Waals surface area contributed by atoms with E-state index in [1.807, 2.05) is 63.3 Å². The van der Waals surface area contributed by atoms with Gasteiger partial charge in [0.05, 0.1) is 7.05 Å². The number of likely N-dealkylation sites (N-methyl/N-ethyl adjacent to an activating group) is 1. The van der Waals surface area contributed by atoms with Crippen molar-refractivity contribution in [2.75, 3.05) is 32.6 Å². The van der Waals surface area contributed by atoms with Crippen molar-refractivity contribution in [1.82, 2.24) is 10.6 Å². The van der Waals surface area contributed by atoms with Gasteiger partial charge < -0.3 is 15.1 Å². The first-order valence-corrected chi connectivity index (χ1v) is 9.14. The number of quaternary nitrogens is 1. The molecule has 0 heterocycles. The summed E-state index contributed by atoms with van der Waals surface area (Å²) in [5.41, 5.74) is 3.14. The third-order valence-corrected chi connectivity index (χ3v) is 4.40. The van der Waals surface area contributed by atoms with Crippen LogP contribution in [0.15, 0.2) is 54.6 Å². The zero-order valence-corrected chi connectivity index (χ0v) is 16.5. The zero-order valence-electron chi connectivity index (χ0n) is 16.5. The number of anilines is 1. The second-order valence-electron chi connectivity index (χ2n) is 6.78. The Hall–Kier alpha value is -2.86. The molecule has 0 saturated carbocycles. The van der Waals surface area contributed by atoms with Crippen LogP contribution in [0.25, 0.3) is 0 Å². The Labute approximate surface area is 161 Å². The average molecular weight is 369 g/mol. The number of amides is 3. The molecule has 0 aromatic heterocycles. The topological polar surface area (TPSA) is 65.9 Å². The number of rotatable bonds is 7. The lowest BCUT2D eigenvalue weighted by Gasteiger charge is -2.24. The summed E-state index contributed by atoms with van der Waals surface area (Å²) in [5.74, 6) is -0.311. The van der Waals surface area contributed by atoms with Crippen molar-refractivity contribution in [3.05, 3.63) is 65.7 Å². The van der Waals surface area contributed by atoms with Crippen LogP contribution in [0.2, 0.25) is 0 Å². The fraction of sp³-hybridized carbons (Fsp3) is 0.333. The molecule has 2 aromatic carbocycles. The first kappa shape index (κ1) is 20.5. The van der Waals surface area contributed by atoms with Gasteiger partial charge in [0.25, 0.3) is 5.91 Å².